The molecule has 0 spiro atoms. The first kappa shape index (κ1) is 16.3. The summed E-state index contributed by atoms with van der Waals surface area (Å²) in [7, 11) is 0. The first-order valence-electron chi connectivity index (χ1n) is 9.20. The van der Waals surface area contributed by atoms with Gasteiger partial charge in [-0.25, -0.2) is 0 Å². The molecular formula is C19H29N3O. The normalized spacial score (nSPS) is 25.8. The molecule has 4 nitrogen and oxygen atoms in total. The SMILES string of the molecule is CC(=O)Nc1cnccc1NC1CCC(C2CCCCC2)CC1. The second-order valence-corrected chi connectivity index (χ2v) is 7.26. The topological polar surface area (TPSA) is 54.0 Å². The minimum Gasteiger partial charge on any atom is -0.381 e. The molecule has 2 fully saturated rings. The zero-order valence-corrected chi connectivity index (χ0v) is 14.2. The number of nitrogens with one attached hydrogen (secondary N) is 2. The molecule has 1 aromatic heterocycles. The van der Waals surface area contributed by atoms with Crippen LogP contribution in [0.4, 0.5) is 11.4 Å². The van der Waals surface area contributed by atoms with Crippen LogP contribution in [0.1, 0.15) is 64.7 Å². The highest BCUT2D eigenvalue weighted by Gasteiger charge is 2.28. The number of carbonyl (C=O) groups excluding carboxylic acids is 1. The zero-order chi connectivity index (χ0) is 16.1. The lowest BCUT2D eigenvalue weighted by Gasteiger charge is -2.36. The Bertz CT molecular complexity index is 517. The minimum absolute atomic E-state index is 0.0537. The number of pyridine rings is 1. The van der Waals surface area contributed by atoms with E-state index in [1.54, 1.807) is 12.4 Å². The highest BCUT2D eigenvalue weighted by Crippen LogP contribution is 2.39. The number of amides is 1. The molecule has 0 atom stereocenters. The third-order valence-corrected chi connectivity index (χ3v) is 5.58. The van der Waals surface area contributed by atoms with Crippen molar-refractivity contribution in [2.45, 2.75) is 70.8 Å². The van der Waals surface area contributed by atoms with Crippen molar-refractivity contribution < 1.29 is 4.79 Å². The Morgan fingerprint density at radius 2 is 1.70 bits per heavy atom. The summed E-state index contributed by atoms with van der Waals surface area (Å²) >= 11 is 0. The second kappa shape index (κ2) is 7.80. The lowest BCUT2D eigenvalue weighted by molar-refractivity contribution is -0.114. The van der Waals surface area contributed by atoms with Gasteiger partial charge in [-0.05, 0) is 43.6 Å². The Kier molecular flexibility index (Phi) is 5.52. The summed E-state index contributed by atoms with van der Waals surface area (Å²) in [6.45, 7) is 1.53. The maximum atomic E-state index is 11.3. The van der Waals surface area contributed by atoms with Crippen molar-refractivity contribution in [3.05, 3.63) is 18.5 Å². The highest BCUT2D eigenvalue weighted by molar-refractivity contribution is 5.92. The van der Waals surface area contributed by atoms with Crippen molar-refractivity contribution in [3.63, 3.8) is 0 Å². The van der Waals surface area contributed by atoms with Gasteiger partial charge >= 0.3 is 0 Å². The Morgan fingerprint density at radius 1 is 1.00 bits per heavy atom. The van der Waals surface area contributed by atoms with E-state index in [0.29, 0.717) is 6.04 Å². The molecule has 2 N–H and O–H groups in total. The smallest absolute Gasteiger partial charge is 0.221 e. The van der Waals surface area contributed by atoms with E-state index >= 15 is 0 Å². The predicted octanol–water partition coefficient (Wildman–Crippen LogP) is 4.59. The molecule has 0 bridgehead atoms. The lowest BCUT2D eigenvalue weighted by atomic mass is 9.72. The number of anilines is 2. The van der Waals surface area contributed by atoms with Crippen LogP contribution >= 0.6 is 0 Å². The molecule has 4 heteroatoms. The van der Waals surface area contributed by atoms with E-state index in [1.807, 2.05) is 6.07 Å². The fourth-order valence-electron chi connectivity index (χ4n) is 4.37. The predicted molar refractivity (Wildman–Crippen MR) is 94.5 cm³/mol. The van der Waals surface area contributed by atoms with Crippen LogP contribution in [0.25, 0.3) is 0 Å². The van der Waals surface area contributed by atoms with Gasteiger partial charge in [0.05, 0.1) is 17.6 Å². The number of nitrogens with zero attached hydrogens (tertiary/aromatic N) is 1. The van der Waals surface area contributed by atoms with E-state index in [0.717, 1.165) is 23.2 Å². The number of carbonyl (C=O) groups is 1. The van der Waals surface area contributed by atoms with Gasteiger partial charge in [0, 0.05) is 19.2 Å². The van der Waals surface area contributed by atoms with E-state index < -0.39 is 0 Å². The molecule has 0 aromatic carbocycles. The van der Waals surface area contributed by atoms with Crippen LogP contribution in [0, 0.1) is 11.8 Å². The van der Waals surface area contributed by atoms with Crippen molar-refractivity contribution >= 4 is 17.3 Å². The molecule has 0 unspecified atom stereocenters. The maximum Gasteiger partial charge on any atom is 0.221 e. The number of rotatable bonds is 4. The van der Waals surface area contributed by atoms with Crippen molar-refractivity contribution in [2.75, 3.05) is 10.6 Å². The lowest BCUT2D eigenvalue weighted by Crippen LogP contribution is -2.30. The molecule has 1 heterocycles. The van der Waals surface area contributed by atoms with Gasteiger partial charge in [-0.1, -0.05) is 32.1 Å². The summed E-state index contributed by atoms with van der Waals surface area (Å²) in [5, 5.41) is 6.48. The van der Waals surface area contributed by atoms with Crippen LogP contribution in [0.15, 0.2) is 18.5 Å². The zero-order valence-electron chi connectivity index (χ0n) is 14.2. The minimum atomic E-state index is -0.0537. The molecule has 0 saturated heterocycles. The molecular weight excluding hydrogens is 286 g/mol. The van der Waals surface area contributed by atoms with Gasteiger partial charge in [0.15, 0.2) is 0 Å². The van der Waals surface area contributed by atoms with Crippen LogP contribution in [-0.2, 0) is 4.79 Å². The Hall–Kier alpha value is -1.58. The third-order valence-electron chi connectivity index (χ3n) is 5.58. The van der Waals surface area contributed by atoms with E-state index in [1.165, 1.54) is 64.7 Å². The Morgan fingerprint density at radius 3 is 2.39 bits per heavy atom. The van der Waals surface area contributed by atoms with Crippen molar-refractivity contribution in [1.29, 1.82) is 0 Å². The summed E-state index contributed by atoms with van der Waals surface area (Å²) in [5.41, 5.74) is 1.78. The Balaban J connectivity index is 1.53. The van der Waals surface area contributed by atoms with E-state index in [2.05, 4.69) is 15.6 Å². The molecule has 0 radical (unpaired) electrons. The van der Waals surface area contributed by atoms with Crippen LogP contribution in [0.5, 0.6) is 0 Å². The summed E-state index contributed by atoms with van der Waals surface area (Å²) < 4.78 is 0. The first-order chi connectivity index (χ1) is 11.2. The van der Waals surface area contributed by atoms with Crippen LogP contribution in [0.3, 0.4) is 0 Å². The van der Waals surface area contributed by atoms with Crippen molar-refractivity contribution in [1.82, 2.24) is 4.98 Å². The molecule has 126 valence electrons. The first-order valence-corrected chi connectivity index (χ1v) is 9.20. The molecule has 1 amide bonds. The second-order valence-electron chi connectivity index (χ2n) is 7.26. The summed E-state index contributed by atoms with van der Waals surface area (Å²) in [5.74, 6) is 1.88. The van der Waals surface area contributed by atoms with Crippen molar-refractivity contribution in [2.24, 2.45) is 11.8 Å². The van der Waals surface area contributed by atoms with E-state index in [-0.39, 0.29) is 5.91 Å². The van der Waals surface area contributed by atoms with E-state index in [9.17, 15) is 4.79 Å². The van der Waals surface area contributed by atoms with Crippen LogP contribution < -0.4 is 10.6 Å². The molecule has 0 aliphatic heterocycles. The fourth-order valence-corrected chi connectivity index (χ4v) is 4.37. The van der Waals surface area contributed by atoms with Crippen LogP contribution in [0.2, 0.25) is 0 Å². The fraction of sp³-hybridized carbons (Fsp3) is 0.684. The van der Waals surface area contributed by atoms with Gasteiger partial charge in [0.1, 0.15) is 0 Å². The summed E-state index contributed by atoms with van der Waals surface area (Å²) in [6.07, 6.45) is 15.9. The largest absolute Gasteiger partial charge is 0.381 e. The van der Waals surface area contributed by atoms with Gasteiger partial charge in [0.2, 0.25) is 5.91 Å². The number of hydrogen-bond donors (Lipinski definition) is 2. The summed E-state index contributed by atoms with van der Waals surface area (Å²) in [6, 6.07) is 2.48. The van der Waals surface area contributed by atoms with E-state index in [4.69, 9.17) is 0 Å². The average molecular weight is 315 g/mol. The molecule has 2 aliphatic rings. The summed E-state index contributed by atoms with van der Waals surface area (Å²) in [4.78, 5) is 15.4. The van der Waals surface area contributed by atoms with Crippen LogP contribution in [-0.4, -0.2) is 16.9 Å². The molecule has 1 aromatic rings. The average Bonchev–Trinajstić information content (AvgIpc) is 2.58. The van der Waals surface area contributed by atoms with Gasteiger partial charge in [0.25, 0.3) is 0 Å². The molecule has 2 aliphatic carbocycles. The van der Waals surface area contributed by atoms with Gasteiger partial charge in [-0.3, -0.25) is 9.78 Å². The highest BCUT2D eigenvalue weighted by atomic mass is 16.1. The third kappa shape index (κ3) is 4.46. The number of hydrogen-bond acceptors (Lipinski definition) is 3. The van der Waals surface area contributed by atoms with Gasteiger partial charge in [-0.2, -0.15) is 0 Å². The van der Waals surface area contributed by atoms with Gasteiger partial charge < -0.3 is 10.6 Å². The molecule has 2 saturated carbocycles. The molecule has 23 heavy (non-hydrogen) atoms. The Labute approximate surface area is 139 Å². The maximum absolute atomic E-state index is 11.3. The standard InChI is InChI=1S/C19H29N3O/c1-14(23)21-19-13-20-12-11-18(19)22-17-9-7-16(8-10-17)15-5-3-2-4-6-15/h11-13,15-17H,2-10H2,1H3,(H,20,22)(H,21,23). The van der Waals surface area contributed by atoms with Gasteiger partial charge in [-0.15, -0.1) is 0 Å². The number of aromatic nitrogens is 1. The van der Waals surface area contributed by atoms with Crippen molar-refractivity contribution in [3.8, 4) is 0 Å². The monoisotopic (exact) mass is 315 g/mol. The molecule has 3 rings (SSSR count). The quantitative estimate of drug-likeness (QED) is 0.854.